The van der Waals surface area contributed by atoms with Crippen LogP contribution in [0, 0.1) is 6.92 Å². The van der Waals surface area contributed by atoms with E-state index in [0.717, 1.165) is 44.0 Å². The van der Waals surface area contributed by atoms with E-state index in [9.17, 15) is 4.79 Å². The summed E-state index contributed by atoms with van der Waals surface area (Å²) in [5.41, 5.74) is 2.42. The SMILES string of the molecule is Cc1noc(C(=O)NCCN2CCOCC2)c1Cc1ccccc1Cl. The quantitative estimate of drug-likeness (QED) is 0.852. The van der Waals surface area contributed by atoms with Crippen LogP contribution in [0.1, 0.15) is 27.4 Å². The van der Waals surface area contributed by atoms with Gasteiger partial charge in [-0.1, -0.05) is 35.0 Å². The Labute approximate surface area is 152 Å². The molecule has 2 heterocycles. The van der Waals surface area contributed by atoms with E-state index in [1.807, 2.05) is 31.2 Å². The monoisotopic (exact) mass is 363 g/mol. The maximum Gasteiger partial charge on any atom is 0.290 e. The zero-order valence-electron chi connectivity index (χ0n) is 14.3. The molecule has 0 atom stereocenters. The van der Waals surface area contributed by atoms with Crippen molar-refractivity contribution < 1.29 is 14.1 Å². The first-order valence-electron chi connectivity index (χ1n) is 8.42. The average Bonchev–Trinajstić information content (AvgIpc) is 2.98. The van der Waals surface area contributed by atoms with Gasteiger partial charge >= 0.3 is 0 Å². The van der Waals surface area contributed by atoms with Crippen LogP contribution in [-0.2, 0) is 11.2 Å². The highest BCUT2D eigenvalue weighted by Gasteiger charge is 2.21. The highest BCUT2D eigenvalue weighted by molar-refractivity contribution is 6.31. The Balaban J connectivity index is 1.62. The molecule has 1 aliphatic rings. The number of halogens is 1. The molecule has 0 radical (unpaired) electrons. The number of aryl methyl sites for hydroxylation is 1. The van der Waals surface area contributed by atoms with E-state index in [0.29, 0.717) is 23.7 Å². The maximum atomic E-state index is 12.5. The van der Waals surface area contributed by atoms with Crippen molar-refractivity contribution in [1.82, 2.24) is 15.4 Å². The molecule has 1 saturated heterocycles. The van der Waals surface area contributed by atoms with E-state index in [1.54, 1.807) is 0 Å². The van der Waals surface area contributed by atoms with E-state index < -0.39 is 0 Å². The van der Waals surface area contributed by atoms with Gasteiger partial charge in [-0.05, 0) is 18.6 Å². The predicted octanol–water partition coefficient (Wildman–Crippen LogP) is 2.29. The first-order chi connectivity index (χ1) is 12.1. The molecule has 1 aliphatic heterocycles. The second-order valence-corrected chi connectivity index (χ2v) is 6.46. The molecule has 0 unspecified atom stereocenters. The fourth-order valence-corrected chi connectivity index (χ4v) is 3.04. The molecular formula is C18H22ClN3O3. The van der Waals surface area contributed by atoms with Crippen molar-refractivity contribution in [1.29, 1.82) is 0 Å². The summed E-state index contributed by atoms with van der Waals surface area (Å²) in [5.74, 6) is 0.0234. The number of ether oxygens (including phenoxy) is 1. The van der Waals surface area contributed by atoms with Crippen LogP contribution in [0.2, 0.25) is 5.02 Å². The average molecular weight is 364 g/mol. The van der Waals surface area contributed by atoms with Gasteiger partial charge in [0, 0.05) is 43.2 Å². The summed E-state index contributed by atoms with van der Waals surface area (Å²) < 4.78 is 10.6. The molecule has 1 amide bonds. The summed E-state index contributed by atoms with van der Waals surface area (Å²) in [7, 11) is 0. The molecule has 0 saturated carbocycles. The zero-order chi connectivity index (χ0) is 17.6. The third-order valence-electron chi connectivity index (χ3n) is 4.33. The van der Waals surface area contributed by atoms with Gasteiger partial charge in [-0.2, -0.15) is 0 Å². The van der Waals surface area contributed by atoms with Crippen LogP contribution in [0.3, 0.4) is 0 Å². The van der Waals surface area contributed by atoms with Crippen molar-refractivity contribution in [3.8, 4) is 0 Å². The molecule has 25 heavy (non-hydrogen) atoms. The van der Waals surface area contributed by atoms with Gasteiger partial charge in [0.05, 0.1) is 18.9 Å². The number of aromatic nitrogens is 1. The highest BCUT2D eigenvalue weighted by atomic mass is 35.5. The lowest BCUT2D eigenvalue weighted by molar-refractivity contribution is 0.0382. The van der Waals surface area contributed by atoms with Gasteiger partial charge in [0.2, 0.25) is 5.76 Å². The summed E-state index contributed by atoms with van der Waals surface area (Å²) in [6.45, 7) is 6.48. The van der Waals surface area contributed by atoms with Gasteiger partial charge in [0.1, 0.15) is 0 Å². The molecule has 1 aromatic heterocycles. The van der Waals surface area contributed by atoms with Crippen LogP contribution >= 0.6 is 11.6 Å². The number of nitrogens with one attached hydrogen (secondary N) is 1. The van der Waals surface area contributed by atoms with Crippen molar-refractivity contribution >= 4 is 17.5 Å². The van der Waals surface area contributed by atoms with Crippen LogP contribution in [0.4, 0.5) is 0 Å². The molecule has 2 aromatic rings. The topological polar surface area (TPSA) is 67.6 Å². The number of carbonyl (C=O) groups is 1. The number of rotatable bonds is 6. The normalized spacial score (nSPS) is 15.3. The van der Waals surface area contributed by atoms with Crippen molar-refractivity contribution in [3.05, 3.63) is 51.9 Å². The van der Waals surface area contributed by atoms with Crippen molar-refractivity contribution in [2.75, 3.05) is 39.4 Å². The number of benzene rings is 1. The van der Waals surface area contributed by atoms with Gasteiger partial charge in [-0.15, -0.1) is 0 Å². The van der Waals surface area contributed by atoms with Crippen LogP contribution in [-0.4, -0.2) is 55.4 Å². The fraction of sp³-hybridized carbons (Fsp3) is 0.444. The van der Waals surface area contributed by atoms with Gasteiger partial charge in [0.15, 0.2) is 0 Å². The Bertz CT molecular complexity index is 726. The Morgan fingerprint density at radius 3 is 2.84 bits per heavy atom. The summed E-state index contributed by atoms with van der Waals surface area (Å²) in [6, 6.07) is 7.58. The van der Waals surface area contributed by atoms with Crippen LogP contribution in [0.15, 0.2) is 28.8 Å². The predicted molar refractivity (Wildman–Crippen MR) is 95.1 cm³/mol. The molecular weight excluding hydrogens is 342 g/mol. The van der Waals surface area contributed by atoms with Gasteiger partial charge in [-0.25, -0.2) is 0 Å². The molecule has 1 N–H and O–H groups in total. The Morgan fingerprint density at radius 2 is 2.08 bits per heavy atom. The Kier molecular flexibility index (Phi) is 6.07. The molecule has 1 fully saturated rings. The van der Waals surface area contributed by atoms with Gasteiger partial charge in [0.25, 0.3) is 5.91 Å². The van der Waals surface area contributed by atoms with E-state index in [4.69, 9.17) is 20.9 Å². The zero-order valence-corrected chi connectivity index (χ0v) is 15.0. The van der Waals surface area contributed by atoms with Crippen molar-refractivity contribution in [2.45, 2.75) is 13.3 Å². The van der Waals surface area contributed by atoms with Gasteiger partial charge < -0.3 is 14.6 Å². The van der Waals surface area contributed by atoms with Crippen molar-refractivity contribution in [3.63, 3.8) is 0 Å². The number of amides is 1. The first-order valence-corrected chi connectivity index (χ1v) is 8.80. The number of nitrogens with zero attached hydrogens (tertiary/aromatic N) is 2. The minimum absolute atomic E-state index is 0.240. The van der Waals surface area contributed by atoms with E-state index >= 15 is 0 Å². The lowest BCUT2D eigenvalue weighted by Crippen LogP contribution is -2.41. The number of carbonyl (C=O) groups excluding carboxylic acids is 1. The minimum atomic E-state index is -0.240. The third-order valence-corrected chi connectivity index (χ3v) is 4.70. The van der Waals surface area contributed by atoms with E-state index in [-0.39, 0.29) is 11.7 Å². The molecule has 1 aromatic carbocycles. The summed E-state index contributed by atoms with van der Waals surface area (Å²) >= 11 is 6.23. The summed E-state index contributed by atoms with van der Waals surface area (Å²) in [4.78, 5) is 14.7. The van der Waals surface area contributed by atoms with Crippen LogP contribution in [0.25, 0.3) is 0 Å². The molecule has 0 bridgehead atoms. The smallest absolute Gasteiger partial charge is 0.290 e. The molecule has 6 nitrogen and oxygen atoms in total. The highest BCUT2D eigenvalue weighted by Crippen LogP contribution is 2.23. The molecule has 7 heteroatoms. The molecule has 0 aliphatic carbocycles. The van der Waals surface area contributed by atoms with Crippen LogP contribution in [0.5, 0.6) is 0 Å². The first kappa shape index (κ1) is 17.9. The van der Waals surface area contributed by atoms with Crippen molar-refractivity contribution in [2.24, 2.45) is 0 Å². The fourth-order valence-electron chi connectivity index (χ4n) is 2.84. The van der Waals surface area contributed by atoms with Gasteiger partial charge in [-0.3, -0.25) is 9.69 Å². The Hall–Kier alpha value is -1.89. The third kappa shape index (κ3) is 4.60. The maximum absolute atomic E-state index is 12.5. The second-order valence-electron chi connectivity index (χ2n) is 6.05. The largest absolute Gasteiger partial charge is 0.379 e. The minimum Gasteiger partial charge on any atom is -0.379 e. The molecule has 0 spiro atoms. The number of morpholine rings is 1. The standard InChI is InChI=1S/C18H22ClN3O3/c1-13-15(12-14-4-2-3-5-16(14)19)17(25-21-13)18(23)20-6-7-22-8-10-24-11-9-22/h2-5H,6-12H2,1H3,(H,20,23). The van der Waals surface area contributed by atoms with E-state index in [1.165, 1.54) is 0 Å². The van der Waals surface area contributed by atoms with Crippen LogP contribution < -0.4 is 5.32 Å². The lowest BCUT2D eigenvalue weighted by Gasteiger charge is -2.26. The Morgan fingerprint density at radius 1 is 1.32 bits per heavy atom. The molecule has 134 valence electrons. The number of hydrogen-bond donors (Lipinski definition) is 1. The molecule has 3 rings (SSSR count). The summed E-state index contributed by atoms with van der Waals surface area (Å²) in [6.07, 6.45) is 0.515. The summed E-state index contributed by atoms with van der Waals surface area (Å²) in [5, 5.41) is 7.54. The second kappa shape index (κ2) is 8.47. The van der Waals surface area contributed by atoms with E-state index in [2.05, 4.69) is 15.4 Å². The number of hydrogen-bond acceptors (Lipinski definition) is 5. The lowest BCUT2D eigenvalue weighted by atomic mass is 10.0.